The minimum Gasteiger partial charge on any atom is -0.293 e. The minimum atomic E-state index is -3.63. The van der Waals surface area contributed by atoms with Gasteiger partial charge in [0.2, 0.25) is 10.0 Å². The molecule has 10 heteroatoms. The first-order valence-electron chi connectivity index (χ1n) is 13.1. The van der Waals surface area contributed by atoms with Crippen molar-refractivity contribution in [3.05, 3.63) is 71.3 Å². The van der Waals surface area contributed by atoms with E-state index in [2.05, 4.69) is 20.8 Å². The third-order valence-electron chi connectivity index (χ3n) is 6.96. The fourth-order valence-electron chi connectivity index (χ4n) is 4.77. The van der Waals surface area contributed by atoms with Crippen LogP contribution in [0.3, 0.4) is 0 Å². The van der Waals surface area contributed by atoms with Crippen LogP contribution in [0.5, 0.6) is 0 Å². The van der Waals surface area contributed by atoms with Gasteiger partial charge in [0.15, 0.2) is 0 Å². The number of benzene rings is 2. The van der Waals surface area contributed by atoms with Crippen molar-refractivity contribution in [2.24, 2.45) is 11.8 Å². The van der Waals surface area contributed by atoms with Gasteiger partial charge in [-0.3, -0.25) is 9.69 Å². The average molecular weight is 581 g/mol. The van der Waals surface area contributed by atoms with Crippen molar-refractivity contribution in [2.45, 2.75) is 38.5 Å². The van der Waals surface area contributed by atoms with Gasteiger partial charge in [0.05, 0.1) is 15.5 Å². The summed E-state index contributed by atoms with van der Waals surface area (Å²) in [5, 5.41) is 4.85. The smallest absolute Gasteiger partial charge is 0.266 e. The molecule has 0 bridgehead atoms. The predicted octanol–water partition coefficient (Wildman–Crippen LogP) is 5.82. The number of hydrogen-bond acceptors (Lipinski definition) is 6. The van der Waals surface area contributed by atoms with E-state index in [0.29, 0.717) is 51.6 Å². The Hall–Kier alpha value is -2.79. The van der Waals surface area contributed by atoms with E-state index in [0.717, 1.165) is 18.5 Å². The van der Waals surface area contributed by atoms with Crippen LogP contribution in [0.25, 0.3) is 23.0 Å². The number of rotatable bonds is 7. The van der Waals surface area contributed by atoms with Gasteiger partial charge in [-0.1, -0.05) is 75.1 Å². The quantitative estimate of drug-likeness (QED) is 0.259. The van der Waals surface area contributed by atoms with E-state index in [4.69, 9.17) is 17.3 Å². The van der Waals surface area contributed by atoms with Crippen molar-refractivity contribution in [2.75, 3.05) is 19.6 Å². The molecular weight excluding hydrogens is 549 g/mol. The van der Waals surface area contributed by atoms with Gasteiger partial charge in [-0.25, -0.2) is 13.1 Å². The SMILES string of the molecule is CC(C)CN1C(=O)/C(=C/c2cn(-c3ccccc3)nc2-c2cccc(S(=O)(=O)N3CCC(C)CC3)c2)SC1=S. The lowest BCUT2D eigenvalue weighted by Gasteiger charge is -2.29. The highest BCUT2D eigenvalue weighted by Crippen LogP contribution is 2.36. The molecule has 204 valence electrons. The molecule has 0 aliphatic carbocycles. The number of nitrogens with zero attached hydrogens (tertiary/aromatic N) is 4. The van der Waals surface area contributed by atoms with E-state index in [1.165, 1.54) is 11.8 Å². The summed E-state index contributed by atoms with van der Waals surface area (Å²) < 4.78 is 30.9. The maximum atomic E-state index is 13.5. The lowest BCUT2D eigenvalue weighted by Crippen LogP contribution is -2.37. The van der Waals surface area contributed by atoms with Gasteiger partial charge in [0, 0.05) is 37.0 Å². The summed E-state index contributed by atoms with van der Waals surface area (Å²) in [6, 6.07) is 16.6. The van der Waals surface area contributed by atoms with Crippen LogP contribution in [-0.4, -0.2) is 57.3 Å². The molecule has 0 spiro atoms. The van der Waals surface area contributed by atoms with E-state index >= 15 is 0 Å². The Morgan fingerprint density at radius 3 is 2.51 bits per heavy atom. The second-order valence-corrected chi connectivity index (χ2v) is 14.1. The summed E-state index contributed by atoms with van der Waals surface area (Å²) in [6.45, 7) is 7.88. The first-order chi connectivity index (χ1) is 18.6. The molecule has 2 fully saturated rings. The Kier molecular flexibility index (Phi) is 8.09. The van der Waals surface area contributed by atoms with Gasteiger partial charge in [-0.15, -0.1) is 0 Å². The van der Waals surface area contributed by atoms with Crippen molar-refractivity contribution in [1.82, 2.24) is 19.0 Å². The Balaban J connectivity index is 1.56. The summed E-state index contributed by atoms with van der Waals surface area (Å²) in [6.07, 6.45) is 5.40. The van der Waals surface area contributed by atoms with E-state index in [9.17, 15) is 13.2 Å². The van der Waals surface area contributed by atoms with Gasteiger partial charge >= 0.3 is 0 Å². The minimum absolute atomic E-state index is 0.118. The molecule has 2 aliphatic rings. The third kappa shape index (κ3) is 5.89. The van der Waals surface area contributed by atoms with Gasteiger partial charge in [-0.2, -0.15) is 9.40 Å². The molecule has 3 aromatic rings. The first kappa shape index (κ1) is 27.8. The Labute approximate surface area is 239 Å². The van der Waals surface area contributed by atoms with Crippen molar-refractivity contribution in [1.29, 1.82) is 0 Å². The molecule has 1 amide bonds. The number of hydrogen-bond donors (Lipinski definition) is 0. The molecule has 1 aromatic heterocycles. The van der Waals surface area contributed by atoms with Crippen LogP contribution in [0, 0.1) is 11.8 Å². The number of sulfonamides is 1. The molecule has 0 atom stereocenters. The number of thiocarbonyl (C=S) groups is 1. The second-order valence-electron chi connectivity index (χ2n) is 10.5. The largest absolute Gasteiger partial charge is 0.293 e. The Bertz CT molecular complexity index is 1520. The fraction of sp³-hybridized carbons (Fsp3) is 0.345. The Morgan fingerprint density at radius 1 is 1.10 bits per heavy atom. The number of aromatic nitrogens is 2. The van der Waals surface area contributed by atoms with Crippen LogP contribution < -0.4 is 0 Å². The van der Waals surface area contributed by atoms with E-state index < -0.39 is 10.0 Å². The molecule has 2 aromatic carbocycles. The summed E-state index contributed by atoms with van der Waals surface area (Å²) in [7, 11) is -3.63. The lowest BCUT2D eigenvalue weighted by atomic mass is 10.0. The van der Waals surface area contributed by atoms with Crippen molar-refractivity contribution < 1.29 is 13.2 Å². The monoisotopic (exact) mass is 580 g/mol. The molecule has 2 saturated heterocycles. The van der Waals surface area contributed by atoms with Crippen LogP contribution in [0.4, 0.5) is 0 Å². The maximum Gasteiger partial charge on any atom is 0.266 e. The molecule has 0 saturated carbocycles. The molecule has 0 unspecified atom stereocenters. The highest BCUT2D eigenvalue weighted by molar-refractivity contribution is 8.26. The van der Waals surface area contributed by atoms with E-state index in [-0.39, 0.29) is 16.7 Å². The normalized spacial score (nSPS) is 18.6. The van der Waals surface area contributed by atoms with Crippen LogP contribution in [0.2, 0.25) is 0 Å². The molecule has 0 radical (unpaired) electrons. The number of para-hydroxylation sites is 1. The number of carbonyl (C=O) groups is 1. The maximum absolute atomic E-state index is 13.5. The standard InChI is InChI=1S/C29H32N4O3S3/c1-20(2)18-32-28(34)26(38-29(32)37)17-23-19-33(24-9-5-4-6-10-24)30-27(23)22-8-7-11-25(16-22)39(35,36)31-14-12-21(3)13-15-31/h4-11,16-17,19-21H,12-15,18H2,1-3H3/b26-17-. The zero-order valence-electron chi connectivity index (χ0n) is 22.3. The summed E-state index contributed by atoms with van der Waals surface area (Å²) in [4.78, 5) is 15.6. The topological polar surface area (TPSA) is 75.5 Å². The zero-order valence-corrected chi connectivity index (χ0v) is 24.7. The van der Waals surface area contributed by atoms with Gasteiger partial charge in [0.25, 0.3) is 5.91 Å². The van der Waals surface area contributed by atoms with Crippen molar-refractivity contribution in [3.8, 4) is 16.9 Å². The summed E-state index contributed by atoms with van der Waals surface area (Å²) in [5.41, 5.74) is 2.83. The Morgan fingerprint density at radius 2 is 1.82 bits per heavy atom. The zero-order chi connectivity index (χ0) is 27.7. The fourth-order valence-corrected chi connectivity index (χ4v) is 7.55. The summed E-state index contributed by atoms with van der Waals surface area (Å²) >= 11 is 6.78. The van der Waals surface area contributed by atoms with Crippen LogP contribution >= 0.6 is 24.0 Å². The van der Waals surface area contributed by atoms with Crippen molar-refractivity contribution >= 4 is 50.3 Å². The number of thioether (sulfide) groups is 1. The molecule has 2 aliphatic heterocycles. The number of piperidine rings is 1. The number of carbonyl (C=O) groups excluding carboxylic acids is 1. The van der Waals surface area contributed by atoms with Gasteiger partial charge < -0.3 is 0 Å². The molecule has 7 nitrogen and oxygen atoms in total. The van der Waals surface area contributed by atoms with Gasteiger partial charge in [0.1, 0.15) is 10.0 Å². The van der Waals surface area contributed by atoms with E-state index in [1.54, 1.807) is 32.1 Å². The predicted molar refractivity (Wildman–Crippen MR) is 161 cm³/mol. The highest BCUT2D eigenvalue weighted by atomic mass is 32.2. The number of amides is 1. The molecular formula is C29H32N4O3S3. The molecule has 5 rings (SSSR count). The van der Waals surface area contributed by atoms with Crippen LogP contribution in [-0.2, 0) is 14.8 Å². The van der Waals surface area contributed by atoms with Crippen molar-refractivity contribution in [3.63, 3.8) is 0 Å². The van der Waals surface area contributed by atoms with Crippen LogP contribution in [0.15, 0.2) is 70.6 Å². The first-order valence-corrected chi connectivity index (χ1v) is 15.8. The van der Waals surface area contributed by atoms with Crippen LogP contribution in [0.1, 0.15) is 39.2 Å². The molecule has 39 heavy (non-hydrogen) atoms. The third-order valence-corrected chi connectivity index (χ3v) is 10.2. The summed E-state index contributed by atoms with van der Waals surface area (Å²) in [5.74, 6) is 0.699. The molecule has 0 N–H and O–H groups in total. The lowest BCUT2D eigenvalue weighted by molar-refractivity contribution is -0.122. The highest BCUT2D eigenvalue weighted by Gasteiger charge is 2.33. The van der Waals surface area contributed by atoms with E-state index in [1.807, 2.05) is 48.7 Å². The molecule has 3 heterocycles. The van der Waals surface area contributed by atoms with Gasteiger partial charge in [-0.05, 0) is 55.0 Å². The average Bonchev–Trinajstić information content (AvgIpc) is 3.46. The second kappa shape index (κ2) is 11.4.